The fraction of sp³-hybridized carbons (Fsp3) is 0.500. The zero-order valence-corrected chi connectivity index (χ0v) is 17.0. The van der Waals surface area contributed by atoms with Gasteiger partial charge in [-0.1, -0.05) is 51.1 Å². The van der Waals surface area contributed by atoms with Crippen molar-refractivity contribution >= 4 is 8.32 Å². The Labute approximate surface area is 152 Å². The Bertz CT molecular complexity index is 711. The van der Waals surface area contributed by atoms with E-state index < -0.39 is 8.32 Å². The zero-order valence-electron chi connectivity index (χ0n) is 16.0. The highest BCUT2D eigenvalue weighted by Gasteiger charge is 2.37. The number of hydrogen-bond acceptors (Lipinski definition) is 3. The molecule has 134 valence electrons. The Morgan fingerprint density at radius 2 is 1.92 bits per heavy atom. The molecule has 0 spiro atoms. The van der Waals surface area contributed by atoms with E-state index in [-0.39, 0.29) is 11.0 Å². The summed E-state index contributed by atoms with van der Waals surface area (Å²) >= 11 is 0. The molecule has 0 amide bonds. The van der Waals surface area contributed by atoms with Crippen LogP contribution in [0, 0.1) is 17.2 Å². The van der Waals surface area contributed by atoms with Gasteiger partial charge in [0, 0.05) is 43.4 Å². The topological polar surface area (TPSA) is 50.8 Å². The molecule has 0 N–H and O–H groups in total. The molecule has 0 saturated heterocycles. The molecule has 0 saturated carbocycles. The van der Waals surface area contributed by atoms with E-state index in [0.29, 0.717) is 13.0 Å². The van der Waals surface area contributed by atoms with Gasteiger partial charge in [-0.05, 0) is 18.1 Å². The van der Waals surface area contributed by atoms with E-state index in [9.17, 15) is 5.26 Å². The van der Waals surface area contributed by atoms with Crippen molar-refractivity contribution in [2.24, 2.45) is 5.92 Å². The lowest BCUT2D eigenvalue weighted by Crippen LogP contribution is -2.42. The summed E-state index contributed by atoms with van der Waals surface area (Å²) in [4.78, 5) is 4.50. The van der Waals surface area contributed by atoms with Gasteiger partial charge in [0.05, 0.1) is 6.07 Å². The fourth-order valence-corrected chi connectivity index (χ4v) is 3.52. The van der Waals surface area contributed by atoms with Crippen molar-refractivity contribution in [3.05, 3.63) is 42.7 Å². The van der Waals surface area contributed by atoms with Crippen LogP contribution in [0.4, 0.5) is 0 Å². The summed E-state index contributed by atoms with van der Waals surface area (Å²) in [5.41, 5.74) is 1.09. The molecule has 0 fully saturated rings. The average molecular weight is 356 g/mol. The first-order chi connectivity index (χ1) is 11.7. The lowest BCUT2D eigenvalue weighted by atomic mass is 10.1. The standard InChI is InChI=1S/C20H29N3OSi/c1-20(2,3)25(4,5)24-16-17(11-12-21)15-23-14-13-22-19(23)18-9-7-6-8-10-18/h6-10,13-14,17H,11,15-16H2,1-5H3. The smallest absolute Gasteiger partial charge is 0.191 e. The van der Waals surface area contributed by atoms with E-state index in [1.54, 1.807) is 0 Å². The van der Waals surface area contributed by atoms with Gasteiger partial charge in [0.25, 0.3) is 0 Å². The normalized spacial score (nSPS) is 13.4. The number of benzene rings is 1. The van der Waals surface area contributed by atoms with E-state index in [4.69, 9.17) is 4.43 Å². The second-order valence-electron chi connectivity index (χ2n) is 8.07. The molecule has 2 rings (SSSR count). The first kappa shape index (κ1) is 19.4. The van der Waals surface area contributed by atoms with Gasteiger partial charge in [-0.25, -0.2) is 4.98 Å². The SMILES string of the molecule is CC(C)(C)[Si](C)(C)OCC(CC#N)Cn1ccnc1-c1ccccc1. The number of imidazole rings is 1. The average Bonchev–Trinajstić information content (AvgIpc) is 3.01. The summed E-state index contributed by atoms with van der Waals surface area (Å²) < 4.78 is 8.49. The van der Waals surface area contributed by atoms with Gasteiger partial charge in [-0.3, -0.25) is 0 Å². The largest absolute Gasteiger partial charge is 0.416 e. The van der Waals surface area contributed by atoms with Crippen molar-refractivity contribution in [2.45, 2.75) is 51.9 Å². The van der Waals surface area contributed by atoms with Gasteiger partial charge in [0.2, 0.25) is 0 Å². The number of aromatic nitrogens is 2. The zero-order chi connectivity index (χ0) is 18.5. The Kier molecular flexibility index (Phi) is 6.20. The molecule has 0 aliphatic heterocycles. The van der Waals surface area contributed by atoms with E-state index in [2.05, 4.69) is 61.6 Å². The summed E-state index contributed by atoms with van der Waals surface area (Å²) in [5.74, 6) is 1.10. The molecule has 0 bridgehead atoms. The van der Waals surface area contributed by atoms with Gasteiger partial charge < -0.3 is 8.99 Å². The summed E-state index contributed by atoms with van der Waals surface area (Å²) in [6, 6.07) is 12.5. The van der Waals surface area contributed by atoms with E-state index in [1.165, 1.54) is 0 Å². The lowest BCUT2D eigenvalue weighted by Gasteiger charge is -2.37. The monoisotopic (exact) mass is 355 g/mol. The molecule has 1 atom stereocenters. The molecule has 1 heterocycles. The summed E-state index contributed by atoms with van der Waals surface area (Å²) in [6.07, 6.45) is 4.29. The van der Waals surface area contributed by atoms with Crippen LogP contribution in [0.25, 0.3) is 11.4 Å². The van der Waals surface area contributed by atoms with Crippen LogP contribution in [-0.2, 0) is 11.0 Å². The van der Waals surface area contributed by atoms with Gasteiger partial charge in [0.1, 0.15) is 5.82 Å². The van der Waals surface area contributed by atoms with Crippen LogP contribution in [-0.4, -0.2) is 24.5 Å². The molecule has 2 aromatic rings. The second kappa shape index (κ2) is 7.98. The van der Waals surface area contributed by atoms with Crippen LogP contribution in [0.1, 0.15) is 27.2 Å². The summed E-state index contributed by atoms with van der Waals surface area (Å²) in [6.45, 7) is 12.6. The summed E-state index contributed by atoms with van der Waals surface area (Å²) in [5, 5.41) is 9.40. The molecular formula is C20H29N3OSi. The maximum Gasteiger partial charge on any atom is 0.191 e. The molecular weight excluding hydrogens is 326 g/mol. The number of rotatable bonds is 7. The Balaban J connectivity index is 2.11. The van der Waals surface area contributed by atoms with Crippen molar-refractivity contribution in [3.8, 4) is 17.5 Å². The molecule has 0 aliphatic rings. The van der Waals surface area contributed by atoms with E-state index in [1.807, 2.05) is 30.6 Å². The number of nitriles is 1. The first-order valence-corrected chi connectivity index (χ1v) is 11.7. The van der Waals surface area contributed by atoms with Gasteiger partial charge in [0.15, 0.2) is 8.32 Å². The third kappa shape index (κ3) is 5.04. The second-order valence-corrected chi connectivity index (χ2v) is 12.9. The lowest BCUT2D eigenvalue weighted by molar-refractivity contribution is 0.215. The van der Waals surface area contributed by atoms with Gasteiger partial charge >= 0.3 is 0 Å². The highest BCUT2D eigenvalue weighted by Crippen LogP contribution is 2.37. The maximum absolute atomic E-state index is 9.22. The quantitative estimate of drug-likeness (QED) is 0.649. The molecule has 1 unspecified atom stereocenters. The minimum atomic E-state index is -1.81. The van der Waals surface area contributed by atoms with Crippen LogP contribution in [0.2, 0.25) is 18.1 Å². The Hall–Kier alpha value is -1.90. The van der Waals surface area contributed by atoms with Crippen molar-refractivity contribution in [2.75, 3.05) is 6.61 Å². The molecule has 1 aromatic heterocycles. The molecule has 4 nitrogen and oxygen atoms in total. The Morgan fingerprint density at radius 3 is 2.52 bits per heavy atom. The number of hydrogen-bond donors (Lipinski definition) is 0. The van der Waals surface area contributed by atoms with Crippen LogP contribution >= 0.6 is 0 Å². The Morgan fingerprint density at radius 1 is 1.24 bits per heavy atom. The van der Waals surface area contributed by atoms with Crippen LogP contribution < -0.4 is 0 Å². The molecule has 5 heteroatoms. The van der Waals surface area contributed by atoms with E-state index in [0.717, 1.165) is 17.9 Å². The van der Waals surface area contributed by atoms with Crippen LogP contribution in [0.15, 0.2) is 42.7 Å². The van der Waals surface area contributed by atoms with Gasteiger partial charge in [-0.2, -0.15) is 5.26 Å². The van der Waals surface area contributed by atoms with Crippen molar-refractivity contribution in [1.82, 2.24) is 9.55 Å². The molecule has 0 radical (unpaired) electrons. The van der Waals surface area contributed by atoms with E-state index >= 15 is 0 Å². The summed E-state index contributed by atoms with van der Waals surface area (Å²) in [7, 11) is -1.81. The van der Waals surface area contributed by atoms with Crippen molar-refractivity contribution < 1.29 is 4.43 Å². The van der Waals surface area contributed by atoms with Gasteiger partial charge in [-0.15, -0.1) is 0 Å². The van der Waals surface area contributed by atoms with Crippen molar-refractivity contribution in [3.63, 3.8) is 0 Å². The maximum atomic E-state index is 9.22. The fourth-order valence-electron chi connectivity index (χ4n) is 2.43. The van der Waals surface area contributed by atoms with Crippen molar-refractivity contribution in [1.29, 1.82) is 5.26 Å². The number of nitrogens with zero attached hydrogens (tertiary/aromatic N) is 3. The first-order valence-electron chi connectivity index (χ1n) is 8.82. The highest BCUT2D eigenvalue weighted by atomic mass is 28.4. The minimum absolute atomic E-state index is 0.163. The minimum Gasteiger partial charge on any atom is -0.416 e. The molecule has 1 aromatic carbocycles. The predicted octanol–water partition coefficient (Wildman–Crippen LogP) is 5.10. The predicted molar refractivity (Wildman–Crippen MR) is 105 cm³/mol. The highest BCUT2D eigenvalue weighted by molar-refractivity contribution is 6.74. The molecule has 0 aliphatic carbocycles. The third-order valence-corrected chi connectivity index (χ3v) is 9.57. The van der Waals surface area contributed by atoms with Crippen LogP contribution in [0.3, 0.4) is 0 Å². The third-order valence-electron chi connectivity index (χ3n) is 5.07. The van der Waals surface area contributed by atoms with Crippen LogP contribution in [0.5, 0.6) is 0 Å². The molecule has 25 heavy (non-hydrogen) atoms.